The molecule has 0 aromatic heterocycles. The molecule has 1 fully saturated rings. The van der Waals surface area contributed by atoms with Crippen molar-refractivity contribution in [1.29, 1.82) is 0 Å². The Balaban J connectivity index is 1.89. The number of rotatable bonds is 4. The molecule has 20 heavy (non-hydrogen) atoms. The van der Waals surface area contributed by atoms with E-state index in [1.54, 1.807) is 12.1 Å². The van der Waals surface area contributed by atoms with Crippen LogP contribution in [0.5, 0.6) is 5.75 Å². The van der Waals surface area contributed by atoms with E-state index in [4.69, 9.17) is 4.74 Å². The summed E-state index contributed by atoms with van der Waals surface area (Å²) in [5.74, 6) is 0.722. The van der Waals surface area contributed by atoms with Gasteiger partial charge in [-0.2, -0.15) is 0 Å². The van der Waals surface area contributed by atoms with E-state index in [0.717, 1.165) is 31.4 Å². The molecule has 1 amide bonds. The largest absolute Gasteiger partial charge is 0.491 e. The van der Waals surface area contributed by atoms with E-state index in [9.17, 15) is 9.90 Å². The third-order valence-electron chi connectivity index (χ3n) is 3.52. The van der Waals surface area contributed by atoms with Crippen molar-refractivity contribution >= 4 is 5.91 Å². The van der Waals surface area contributed by atoms with E-state index in [0.29, 0.717) is 5.56 Å². The van der Waals surface area contributed by atoms with Crippen molar-refractivity contribution in [3.63, 3.8) is 0 Å². The summed E-state index contributed by atoms with van der Waals surface area (Å²) in [6.07, 6.45) is 3.17. The molecule has 0 saturated heterocycles. The number of carbonyl (C=O) groups excluding carboxylic acids is 1. The first-order valence-electron chi connectivity index (χ1n) is 7.30. The molecular weight excluding hydrogens is 254 g/mol. The maximum absolute atomic E-state index is 12.1. The van der Waals surface area contributed by atoms with Gasteiger partial charge < -0.3 is 15.2 Å². The highest BCUT2D eigenvalue weighted by molar-refractivity contribution is 5.94. The van der Waals surface area contributed by atoms with Crippen molar-refractivity contribution in [1.82, 2.24) is 5.32 Å². The monoisotopic (exact) mass is 277 g/mol. The summed E-state index contributed by atoms with van der Waals surface area (Å²) in [7, 11) is 0. The van der Waals surface area contributed by atoms with Gasteiger partial charge in [-0.15, -0.1) is 0 Å². The molecule has 1 aromatic carbocycles. The first-order valence-corrected chi connectivity index (χ1v) is 7.30. The highest BCUT2D eigenvalue weighted by Crippen LogP contribution is 2.19. The SMILES string of the molecule is CC(C)Oc1ccc(C(=O)NC2CCC(O)CC2)cc1. The second-order valence-corrected chi connectivity index (χ2v) is 5.67. The maximum atomic E-state index is 12.1. The zero-order valence-electron chi connectivity index (χ0n) is 12.1. The van der Waals surface area contributed by atoms with Gasteiger partial charge in [-0.3, -0.25) is 4.79 Å². The Bertz CT molecular complexity index is 434. The molecular formula is C16H23NO3. The molecule has 4 heteroatoms. The first kappa shape index (κ1) is 14.9. The van der Waals surface area contributed by atoms with Gasteiger partial charge in [-0.05, 0) is 63.8 Å². The minimum atomic E-state index is -0.199. The number of aliphatic hydroxyl groups is 1. The summed E-state index contributed by atoms with van der Waals surface area (Å²) in [4.78, 5) is 12.1. The van der Waals surface area contributed by atoms with Crippen LogP contribution in [0.15, 0.2) is 24.3 Å². The molecule has 1 saturated carbocycles. The molecule has 0 spiro atoms. The molecule has 0 radical (unpaired) electrons. The van der Waals surface area contributed by atoms with Crippen molar-refractivity contribution in [2.75, 3.05) is 0 Å². The Morgan fingerprint density at radius 3 is 2.35 bits per heavy atom. The highest BCUT2D eigenvalue weighted by atomic mass is 16.5. The van der Waals surface area contributed by atoms with Gasteiger partial charge in [0.15, 0.2) is 0 Å². The highest BCUT2D eigenvalue weighted by Gasteiger charge is 2.21. The lowest BCUT2D eigenvalue weighted by Gasteiger charge is -2.26. The average molecular weight is 277 g/mol. The van der Waals surface area contributed by atoms with Crippen molar-refractivity contribution in [2.24, 2.45) is 0 Å². The summed E-state index contributed by atoms with van der Waals surface area (Å²) in [6.45, 7) is 3.94. The third-order valence-corrected chi connectivity index (χ3v) is 3.52. The summed E-state index contributed by atoms with van der Waals surface area (Å²) in [6, 6.07) is 7.38. The van der Waals surface area contributed by atoms with E-state index in [-0.39, 0.29) is 24.2 Å². The van der Waals surface area contributed by atoms with Crippen LogP contribution in [0, 0.1) is 0 Å². The second-order valence-electron chi connectivity index (χ2n) is 5.67. The average Bonchev–Trinajstić information content (AvgIpc) is 2.41. The minimum absolute atomic E-state index is 0.0533. The molecule has 1 aromatic rings. The van der Waals surface area contributed by atoms with E-state index in [2.05, 4.69) is 5.32 Å². The number of benzene rings is 1. The molecule has 0 atom stereocenters. The standard InChI is InChI=1S/C16H23NO3/c1-11(2)20-15-9-3-12(4-10-15)16(19)17-13-5-7-14(18)8-6-13/h3-4,9-11,13-14,18H,5-8H2,1-2H3,(H,17,19). The van der Waals surface area contributed by atoms with Crippen LogP contribution in [0.1, 0.15) is 49.9 Å². The van der Waals surface area contributed by atoms with Crippen molar-refractivity contribution < 1.29 is 14.6 Å². The van der Waals surface area contributed by atoms with Gasteiger partial charge in [0.2, 0.25) is 0 Å². The van der Waals surface area contributed by atoms with Crippen LogP contribution in [-0.2, 0) is 0 Å². The fourth-order valence-electron chi connectivity index (χ4n) is 2.45. The second kappa shape index (κ2) is 6.75. The molecule has 0 aliphatic heterocycles. The number of ether oxygens (including phenoxy) is 1. The van der Waals surface area contributed by atoms with Crippen LogP contribution in [0.25, 0.3) is 0 Å². The van der Waals surface area contributed by atoms with Crippen LogP contribution in [0.3, 0.4) is 0 Å². The lowest BCUT2D eigenvalue weighted by atomic mass is 9.93. The zero-order valence-corrected chi connectivity index (χ0v) is 12.1. The van der Waals surface area contributed by atoms with Gasteiger partial charge in [0.05, 0.1) is 12.2 Å². The Labute approximate surface area is 120 Å². The lowest BCUT2D eigenvalue weighted by molar-refractivity contribution is 0.0867. The quantitative estimate of drug-likeness (QED) is 0.889. The number of amides is 1. The van der Waals surface area contributed by atoms with Crippen LogP contribution in [-0.4, -0.2) is 29.3 Å². The third kappa shape index (κ3) is 4.23. The molecule has 0 bridgehead atoms. The van der Waals surface area contributed by atoms with Gasteiger partial charge in [0.25, 0.3) is 5.91 Å². The van der Waals surface area contributed by atoms with Crippen molar-refractivity contribution in [2.45, 2.75) is 57.8 Å². The number of aliphatic hydroxyl groups excluding tert-OH is 1. The molecule has 2 rings (SSSR count). The molecule has 2 N–H and O–H groups in total. The Morgan fingerprint density at radius 2 is 1.80 bits per heavy atom. The smallest absolute Gasteiger partial charge is 0.251 e. The summed E-state index contributed by atoms with van der Waals surface area (Å²) < 4.78 is 5.55. The summed E-state index contributed by atoms with van der Waals surface area (Å²) >= 11 is 0. The minimum Gasteiger partial charge on any atom is -0.491 e. The fraction of sp³-hybridized carbons (Fsp3) is 0.562. The van der Waals surface area contributed by atoms with Crippen LogP contribution in [0.4, 0.5) is 0 Å². The van der Waals surface area contributed by atoms with Gasteiger partial charge in [-0.25, -0.2) is 0 Å². The Morgan fingerprint density at radius 1 is 1.20 bits per heavy atom. The van der Waals surface area contributed by atoms with Crippen LogP contribution < -0.4 is 10.1 Å². The topological polar surface area (TPSA) is 58.6 Å². The van der Waals surface area contributed by atoms with E-state index < -0.39 is 0 Å². The Hall–Kier alpha value is -1.55. The molecule has 0 unspecified atom stereocenters. The summed E-state index contributed by atoms with van der Waals surface area (Å²) in [5.41, 5.74) is 0.646. The number of carbonyl (C=O) groups is 1. The maximum Gasteiger partial charge on any atom is 0.251 e. The number of hydrogen-bond acceptors (Lipinski definition) is 3. The summed E-state index contributed by atoms with van der Waals surface area (Å²) in [5, 5.41) is 12.5. The van der Waals surface area contributed by atoms with E-state index in [1.165, 1.54) is 0 Å². The van der Waals surface area contributed by atoms with Crippen molar-refractivity contribution in [3.8, 4) is 5.75 Å². The number of nitrogens with one attached hydrogen (secondary N) is 1. The van der Waals surface area contributed by atoms with Gasteiger partial charge >= 0.3 is 0 Å². The molecule has 110 valence electrons. The normalized spacial score (nSPS) is 22.6. The van der Waals surface area contributed by atoms with Crippen LogP contribution >= 0.6 is 0 Å². The van der Waals surface area contributed by atoms with Gasteiger partial charge in [0, 0.05) is 11.6 Å². The first-order chi connectivity index (χ1) is 9.54. The lowest BCUT2D eigenvalue weighted by Crippen LogP contribution is -2.38. The van der Waals surface area contributed by atoms with Gasteiger partial charge in [0.1, 0.15) is 5.75 Å². The van der Waals surface area contributed by atoms with Crippen molar-refractivity contribution in [3.05, 3.63) is 29.8 Å². The molecule has 1 aliphatic carbocycles. The molecule has 0 heterocycles. The zero-order chi connectivity index (χ0) is 14.5. The molecule has 4 nitrogen and oxygen atoms in total. The van der Waals surface area contributed by atoms with E-state index in [1.807, 2.05) is 26.0 Å². The Kier molecular flexibility index (Phi) is 5.01. The predicted octanol–water partition coefficient (Wildman–Crippen LogP) is 2.51. The van der Waals surface area contributed by atoms with Gasteiger partial charge in [-0.1, -0.05) is 0 Å². The van der Waals surface area contributed by atoms with E-state index >= 15 is 0 Å². The number of hydrogen-bond donors (Lipinski definition) is 2. The predicted molar refractivity (Wildman–Crippen MR) is 77.9 cm³/mol. The van der Waals surface area contributed by atoms with Crippen LogP contribution in [0.2, 0.25) is 0 Å². The molecule has 1 aliphatic rings. The fourth-order valence-corrected chi connectivity index (χ4v) is 2.45.